The molecular formula is C8H12N2O3S2. The average molecular weight is 248 g/mol. The van der Waals surface area contributed by atoms with Crippen molar-refractivity contribution in [3.05, 3.63) is 22.4 Å². The van der Waals surface area contributed by atoms with Crippen LogP contribution in [0.25, 0.3) is 0 Å². The maximum atomic E-state index is 11.2. The van der Waals surface area contributed by atoms with Gasteiger partial charge in [0.1, 0.15) is 6.10 Å². The zero-order valence-electron chi connectivity index (χ0n) is 8.00. The highest BCUT2D eigenvalue weighted by atomic mass is 32.2. The molecule has 1 fully saturated rings. The Hall–Kier alpha value is -0.470. The molecule has 1 aliphatic heterocycles. The van der Waals surface area contributed by atoms with E-state index in [9.17, 15) is 8.42 Å². The topological polar surface area (TPSA) is 72.6 Å². The number of thiophene rings is 1. The van der Waals surface area contributed by atoms with E-state index < -0.39 is 10.2 Å². The van der Waals surface area contributed by atoms with Crippen LogP contribution in [0, 0.1) is 0 Å². The van der Waals surface area contributed by atoms with Crippen molar-refractivity contribution >= 4 is 21.5 Å². The summed E-state index contributed by atoms with van der Waals surface area (Å²) in [6.07, 6.45) is -0.183. The van der Waals surface area contributed by atoms with Gasteiger partial charge in [-0.1, -0.05) is 6.07 Å². The van der Waals surface area contributed by atoms with Gasteiger partial charge in [-0.15, -0.1) is 11.3 Å². The van der Waals surface area contributed by atoms with Crippen LogP contribution < -0.4 is 5.14 Å². The lowest BCUT2D eigenvalue weighted by Crippen LogP contribution is -2.45. The second-order valence-electron chi connectivity index (χ2n) is 3.28. The molecule has 1 aromatic rings. The van der Waals surface area contributed by atoms with Crippen molar-refractivity contribution in [2.24, 2.45) is 5.14 Å². The molecule has 0 radical (unpaired) electrons. The maximum absolute atomic E-state index is 11.2. The molecule has 0 bridgehead atoms. The minimum Gasteiger partial charge on any atom is -0.370 e. The summed E-state index contributed by atoms with van der Waals surface area (Å²) in [7, 11) is -3.59. The first kappa shape index (κ1) is 11.0. The van der Waals surface area contributed by atoms with Crippen molar-refractivity contribution in [1.82, 2.24) is 4.31 Å². The fraction of sp³-hybridized carbons (Fsp3) is 0.500. The molecule has 15 heavy (non-hydrogen) atoms. The molecule has 84 valence electrons. The Morgan fingerprint density at radius 2 is 2.40 bits per heavy atom. The zero-order chi connectivity index (χ0) is 10.9. The van der Waals surface area contributed by atoms with Crippen LogP contribution in [0.3, 0.4) is 0 Å². The molecule has 0 aliphatic carbocycles. The van der Waals surface area contributed by atoms with Gasteiger partial charge in [0.2, 0.25) is 0 Å². The Kier molecular flexibility index (Phi) is 3.08. The van der Waals surface area contributed by atoms with Crippen LogP contribution in [-0.2, 0) is 14.9 Å². The van der Waals surface area contributed by atoms with Crippen LogP contribution in [0.4, 0.5) is 0 Å². The summed E-state index contributed by atoms with van der Waals surface area (Å²) in [5, 5.41) is 7.01. The van der Waals surface area contributed by atoms with Crippen molar-refractivity contribution in [1.29, 1.82) is 0 Å². The molecule has 0 unspecified atom stereocenters. The minimum atomic E-state index is -3.59. The van der Waals surface area contributed by atoms with E-state index in [1.807, 2.05) is 17.5 Å². The number of hydrogen-bond donors (Lipinski definition) is 1. The van der Waals surface area contributed by atoms with E-state index in [1.165, 1.54) is 4.31 Å². The molecular weight excluding hydrogens is 236 g/mol. The first-order valence-electron chi connectivity index (χ1n) is 4.50. The zero-order valence-corrected chi connectivity index (χ0v) is 9.63. The third-order valence-electron chi connectivity index (χ3n) is 2.25. The first-order chi connectivity index (χ1) is 7.07. The Balaban J connectivity index is 2.12. The van der Waals surface area contributed by atoms with Crippen LogP contribution in [-0.4, -0.2) is 32.4 Å². The predicted molar refractivity (Wildman–Crippen MR) is 57.7 cm³/mol. The van der Waals surface area contributed by atoms with Crippen LogP contribution in [0.2, 0.25) is 0 Å². The lowest BCUT2D eigenvalue weighted by molar-refractivity contribution is -0.000499. The summed E-state index contributed by atoms with van der Waals surface area (Å²) in [4.78, 5) is 1.03. The SMILES string of the molecule is NS(=O)(=O)N1CCO[C@@H](c2cccs2)C1. The van der Waals surface area contributed by atoms with Gasteiger partial charge in [-0.2, -0.15) is 12.7 Å². The lowest BCUT2D eigenvalue weighted by Gasteiger charge is -2.30. The maximum Gasteiger partial charge on any atom is 0.277 e. The molecule has 1 saturated heterocycles. The Labute approximate surface area is 92.6 Å². The highest BCUT2D eigenvalue weighted by Crippen LogP contribution is 2.26. The molecule has 1 aromatic heterocycles. The molecule has 2 heterocycles. The summed E-state index contributed by atoms with van der Waals surface area (Å²) in [5.74, 6) is 0. The largest absolute Gasteiger partial charge is 0.370 e. The second-order valence-corrected chi connectivity index (χ2v) is 5.80. The van der Waals surface area contributed by atoms with Gasteiger partial charge in [-0.05, 0) is 11.4 Å². The highest BCUT2D eigenvalue weighted by Gasteiger charge is 2.28. The molecule has 1 aliphatic rings. The molecule has 2 N–H and O–H groups in total. The Bertz CT molecular complexity index is 415. The summed E-state index contributed by atoms with van der Waals surface area (Å²) in [6, 6.07) is 3.85. The van der Waals surface area contributed by atoms with Gasteiger partial charge in [-0.25, -0.2) is 5.14 Å². The third-order valence-corrected chi connectivity index (χ3v) is 4.27. The molecule has 0 saturated carbocycles. The van der Waals surface area contributed by atoms with E-state index in [-0.39, 0.29) is 6.10 Å². The van der Waals surface area contributed by atoms with Crippen LogP contribution >= 0.6 is 11.3 Å². The van der Waals surface area contributed by atoms with Gasteiger partial charge in [0, 0.05) is 18.0 Å². The highest BCUT2D eigenvalue weighted by molar-refractivity contribution is 7.86. The molecule has 0 spiro atoms. The Morgan fingerprint density at radius 1 is 1.60 bits per heavy atom. The molecule has 7 heteroatoms. The average Bonchev–Trinajstić information content (AvgIpc) is 2.69. The van der Waals surface area contributed by atoms with Crippen LogP contribution in [0.5, 0.6) is 0 Å². The fourth-order valence-electron chi connectivity index (χ4n) is 1.50. The van der Waals surface area contributed by atoms with Gasteiger partial charge < -0.3 is 4.74 Å². The van der Waals surface area contributed by atoms with E-state index in [0.29, 0.717) is 19.7 Å². The Morgan fingerprint density at radius 3 is 3.00 bits per heavy atom. The van der Waals surface area contributed by atoms with E-state index in [4.69, 9.17) is 9.88 Å². The first-order valence-corrected chi connectivity index (χ1v) is 6.88. The number of rotatable bonds is 2. The smallest absolute Gasteiger partial charge is 0.277 e. The normalized spacial score (nSPS) is 24.2. The van der Waals surface area contributed by atoms with Crippen molar-refractivity contribution < 1.29 is 13.2 Å². The van der Waals surface area contributed by atoms with Crippen molar-refractivity contribution in [3.63, 3.8) is 0 Å². The number of nitrogens with two attached hydrogens (primary N) is 1. The molecule has 2 rings (SSSR count). The molecule has 0 aromatic carbocycles. The minimum absolute atomic E-state index is 0.183. The third kappa shape index (κ3) is 2.56. The number of nitrogens with zero attached hydrogens (tertiary/aromatic N) is 1. The standard InChI is InChI=1S/C8H12N2O3S2/c9-15(11,12)10-3-4-13-7(6-10)8-2-1-5-14-8/h1-2,5,7H,3-4,6H2,(H2,9,11,12)/t7-/m1/s1. The summed E-state index contributed by atoms with van der Waals surface area (Å²) in [5.41, 5.74) is 0. The summed E-state index contributed by atoms with van der Waals surface area (Å²) in [6.45, 7) is 1.03. The summed E-state index contributed by atoms with van der Waals surface area (Å²) >= 11 is 1.55. The van der Waals surface area contributed by atoms with E-state index >= 15 is 0 Å². The van der Waals surface area contributed by atoms with Gasteiger partial charge >= 0.3 is 0 Å². The van der Waals surface area contributed by atoms with Crippen LogP contribution in [0.15, 0.2) is 17.5 Å². The van der Waals surface area contributed by atoms with E-state index in [2.05, 4.69) is 0 Å². The molecule has 0 amide bonds. The van der Waals surface area contributed by atoms with E-state index in [1.54, 1.807) is 11.3 Å². The number of morpholine rings is 1. The predicted octanol–water partition coefficient (Wildman–Crippen LogP) is 0.325. The quantitative estimate of drug-likeness (QED) is 0.819. The lowest BCUT2D eigenvalue weighted by atomic mass is 10.2. The van der Waals surface area contributed by atoms with Crippen molar-refractivity contribution in [2.45, 2.75) is 6.10 Å². The van der Waals surface area contributed by atoms with Crippen LogP contribution in [0.1, 0.15) is 11.0 Å². The second kappa shape index (κ2) is 4.18. The summed E-state index contributed by atoms with van der Waals surface area (Å²) < 4.78 is 29.1. The fourth-order valence-corrected chi connectivity index (χ4v) is 2.94. The van der Waals surface area contributed by atoms with Gasteiger partial charge in [0.25, 0.3) is 10.2 Å². The molecule has 5 nitrogen and oxygen atoms in total. The van der Waals surface area contributed by atoms with Gasteiger partial charge in [0.15, 0.2) is 0 Å². The number of hydrogen-bond acceptors (Lipinski definition) is 4. The van der Waals surface area contributed by atoms with Gasteiger partial charge in [-0.3, -0.25) is 0 Å². The number of ether oxygens (including phenoxy) is 1. The molecule has 1 atom stereocenters. The van der Waals surface area contributed by atoms with E-state index in [0.717, 1.165) is 4.88 Å². The monoisotopic (exact) mass is 248 g/mol. The van der Waals surface area contributed by atoms with Crippen molar-refractivity contribution in [2.75, 3.05) is 19.7 Å². The van der Waals surface area contributed by atoms with Gasteiger partial charge in [0.05, 0.1) is 6.61 Å². The van der Waals surface area contributed by atoms with Crippen molar-refractivity contribution in [3.8, 4) is 0 Å².